The third-order valence-corrected chi connectivity index (χ3v) is 4.19. The van der Waals surface area contributed by atoms with Crippen LogP contribution >= 0.6 is 0 Å². The average molecular weight is 302 g/mol. The SMILES string of the molecule is Cc1cccc(-n2c(C)cc(C=Nc3ccccc3C)c2C)c1. The van der Waals surface area contributed by atoms with E-state index >= 15 is 0 Å². The minimum Gasteiger partial charge on any atom is -0.318 e. The third kappa shape index (κ3) is 3.11. The fraction of sp³-hybridized carbons (Fsp3) is 0.190. The van der Waals surface area contributed by atoms with E-state index < -0.39 is 0 Å². The Kier molecular flexibility index (Phi) is 4.16. The molecule has 0 fully saturated rings. The summed E-state index contributed by atoms with van der Waals surface area (Å²) in [6.07, 6.45) is 1.97. The Labute approximate surface area is 138 Å². The van der Waals surface area contributed by atoms with E-state index in [0.29, 0.717) is 0 Å². The average Bonchev–Trinajstić information content (AvgIpc) is 2.81. The van der Waals surface area contributed by atoms with Gasteiger partial charge in [0.2, 0.25) is 0 Å². The minimum absolute atomic E-state index is 1.02. The highest BCUT2D eigenvalue weighted by Crippen LogP contribution is 2.22. The number of hydrogen-bond acceptors (Lipinski definition) is 1. The van der Waals surface area contributed by atoms with E-state index in [1.165, 1.54) is 28.2 Å². The molecule has 2 aromatic carbocycles. The largest absolute Gasteiger partial charge is 0.318 e. The maximum absolute atomic E-state index is 4.66. The number of aromatic nitrogens is 1. The van der Waals surface area contributed by atoms with Crippen molar-refractivity contribution in [3.05, 3.63) is 82.7 Å². The maximum Gasteiger partial charge on any atom is 0.0659 e. The van der Waals surface area contributed by atoms with Gasteiger partial charge in [-0.1, -0.05) is 30.3 Å². The van der Waals surface area contributed by atoms with Gasteiger partial charge >= 0.3 is 0 Å². The first kappa shape index (κ1) is 15.3. The molecular formula is C21H22N2. The van der Waals surface area contributed by atoms with Crippen LogP contribution in [0.2, 0.25) is 0 Å². The van der Waals surface area contributed by atoms with Gasteiger partial charge in [-0.15, -0.1) is 0 Å². The lowest BCUT2D eigenvalue weighted by Crippen LogP contribution is -1.99. The van der Waals surface area contributed by atoms with Crippen LogP contribution in [0.4, 0.5) is 5.69 Å². The lowest BCUT2D eigenvalue weighted by atomic mass is 10.2. The molecule has 0 aliphatic rings. The number of para-hydroxylation sites is 1. The van der Waals surface area contributed by atoms with Gasteiger partial charge in [0.25, 0.3) is 0 Å². The molecule has 0 atom stereocenters. The normalized spacial score (nSPS) is 11.3. The van der Waals surface area contributed by atoms with Crippen molar-refractivity contribution in [1.82, 2.24) is 4.57 Å². The van der Waals surface area contributed by atoms with Crippen LogP contribution in [-0.4, -0.2) is 10.8 Å². The van der Waals surface area contributed by atoms with Gasteiger partial charge in [-0.25, -0.2) is 0 Å². The lowest BCUT2D eigenvalue weighted by molar-refractivity contribution is 0.963. The number of hydrogen-bond donors (Lipinski definition) is 0. The standard InChI is InChI=1S/C21H22N2/c1-15-8-7-10-20(12-15)23-17(3)13-19(18(23)4)14-22-21-11-6-5-9-16(21)2/h5-14H,1-4H3. The molecular weight excluding hydrogens is 280 g/mol. The van der Waals surface area contributed by atoms with Crippen molar-refractivity contribution in [3.8, 4) is 5.69 Å². The monoisotopic (exact) mass is 302 g/mol. The van der Waals surface area contributed by atoms with Crippen molar-refractivity contribution >= 4 is 11.9 Å². The molecule has 0 aliphatic heterocycles. The summed E-state index contributed by atoms with van der Waals surface area (Å²) < 4.78 is 2.28. The van der Waals surface area contributed by atoms with Gasteiger partial charge in [0.15, 0.2) is 0 Å². The molecule has 0 saturated heterocycles. The fourth-order valence-electron chi connectivity index (χ4n) is 2.93. The number of benzene rings is 2. The summed E-state index contributed by atoms with van der Waals surface area (Å²) in [5.41, 5.74) is 8.28. The van der Waals surface area contributed by atoms with Crippen molar-refractivity contribution < 1.29 is 0 Å². The Balaban J connectivity index is 2.00. The first-order valence-electron chi connectivity index (χ1n) is 7.92. The number of aryl methyl sites for hydroxylation is 3. The van der Waals surface area contributed by atoms with Gasteiger partial charge in [-0.2, -0.15) is 0 Å². The van der Waals surface area contributed by atoms with Crippen molar-refractivity contribution in [1.29, 1.82) is 0 Å². The highest BCUT2D eigenvalue weighted by atomic mass is 15.0. The number of nitrogens with zero attached hydrogens (tertiary/aromatic N) is 2. The van der Waals surface area contributed by atoms with Crippen LogP contribution in [-0.2, 0) is 0 Å². The molecule has 0 N–H and O–H groups in total. The van der Waals surface area contributed by atoms with E-state index in [1.807, 2.05) is 24.4 Å². The van der Waals surface area contributed by atoms with Crippen LogP contribution in [0, 0.1) is 27.7 Å². The Morgan fingerprint density at radius 1 is 0.870 bits per heavy atom. The van der Waals surface area contributed by atoms with Crippen LogP contribution < -0.4 is 0 Å². The van der Waals surface area contributed by atoms with Gasteiger partial charge in [0, 0.05) is 28.9 Å². The van der Waals surface area contributed by atoms with E-state index in [2.05, 4.69) is 73.7 Å². The Hall–Kier alpha value is -2.61. The van der Waals surface area contributed by atoms with Crippen molar-refractivity contribution in [2.75, 3.05) is 0 Å². The smallest absolute Gasteiger partial charge is 0.0659 e. The molecule has 0 spiro atoms. The van der Waals surface area contributed by atoms with Crippen LogP contribution in [0.5, 0.6) is 0 Å². The van der Waals surface area contributed by atoms with Crippen LogP contribution in [0.1, 0.15) is 28.1 Å². The molecule has 1 aromatic heterocycles. The second kappa shape index (κ2) is 6.25. The molecule has 116 valence electrons. The highest BCUT2D eigenvalue weighted by molar-refractivity contribution is 5.84. The molecule has 0 saturated carbocycles. The lowest BCUT2D eigenvalue weighted by Gasteiger charge is -2.10. The highest BCUT2D eigenvalue weighted by Gasteiger charge is 2.09. The molecule has 0 bridgehead atoms. The minimum atomic E-state index is 1.02. The van der Waals surface area contributed by atoms with E-state index in [1.54, 1.807) is 0 Å². The second-order valence-corrected chi connectivity index (χ2v) is 6.05. The first-order chi connectivity index (χ1) is 11.1. The van der Waals surface area contributed by atoms with E-state index in [9.17, 15) is 0 Å². The van der Waals surface area contributed by atoms with E-state index in [-0.39, 0.29) is 0 Å². The zero-order valence-corrected chi connectivity index (χ0v) is 14.2. The van der Waals surface area contributed by atoms with Crippen molar-refractivity contribution in [2.24, 2.45) is 4.99 Å². The molecule has 2 nitrogen and oxygen atoms in total. The summed E-state index contributed by atoms with van der Waals surface area (Å²) in [5, 5.41) is 0. The number of rotatable bonds is 3. The van der Waals surface area contributed by atoms with Crippen LogP contribution in [0.3, 0.4) is 0 Å². The summed E-state index contributed by atoms with van der Waals surface area (Å²) in [6, 6.07) is 19.0. The summed E-state index contributed by atoms with van der Waals surface area (Å²) >= 11 is 0. The Morgan fingerprint density at radius 2 is 1.65 bits per heavy atom. The molecule has 0 radical (unpaired) electrons. The summed E-state index contributed by atoms with van der Waals surface area (Å²) in [6.45, 7) is 8.50. The van der Waals surface area contributed by atoms with Gasteiger partial charge in [-0.05, 0) is 63.1 Å². The fourth-order valence-corrected chi connectivity index (χ4v) is 2.93. The first-order valence-corrected chi connectivity index (χ1v) is 7.92. The molecule has 2 heteroatoms. The molecule has 3 rings (SSSR count). The molecule has 3 aromatic rings. The van der Waals surface area contributed by atoms with Crippen LogP contribution in [0.15, 0.2) is 59.6 Å². The summed E-state index contributed by atoms with van der Waals surface area (Å²) in [7, 11) is 0. The quantitative estimate of drug-likeness (QED) is 0.571. The zero-order chi connectivity index (χ0) is 16.4. The predicted octanol–water partition coefficient (Wildman–Crippen LogP) is 5.46. The third-order valence-electron chi connectivity index (χ3n) is 4.19. The van der Waals surface area contributed by atoms with E-state index in [4.69, 9.17) is 0 Å². The molecule has 0 aliphatic carbocycles. The Bertz CT molecular complexity index is 869. The number of aliphatic imine (C=N–C) groups is 1. The van der Waals surface area contributed by atoms with Crippen molar-refractivity contribution in [3.63, 3.8) is 0 Å². The molecule has 23 heavy (non-hydrogen) atoms. The van der Waals surface area contributed by atoms with E-state index in [0.717, 1.165) is 11.3 Å². The molecule has 1 heterocycles. The topological polar surface area (TPSA) is 17.3 Å². The summed E-state index contributed by atoms with van der Waals surface area (Å²) in [5.74, 6) is 0. The maximum atomic E-state index is 4.66. The Morgan fingerprint density at radius 3 is 2.39 bits per heavy atom. The van der Waals surface area contributed by atoms with Gasteiger partial charge < -0.3 is 4.57 Å². The second-order valence-electron chi connectivity index (χ2n) is 6.05. The van der Waals surface area contributed by atoms with Gasteiger partial charge in [0.1, 0.15) is 0 Å². The van der Waals surface area contributed by atoms with Gasteiger partial charge in [-0.3, -0.25) is 4.99 Å². The van der Waals surface area contributed by atoms with Gasteiger partial charge in [0.05, 0.1) is 5.69 Å². The molecule has 0 unspecified atom stereocenters. The molecule has 0 amide bonds. The summed E-state index contributed by atoms with van der Waals surface area (Å²) in [4.78, 5) is 4.66. The van der Waals surface area contributed by atoms with Crippen molar-refractivity contribution in [2.45, 2.75) is 27.7 Å². The zero-order valence-electron chi connectivity index (χ0n) is 14.2. The van der Waals surface area contributed by atoms with Crippen LogP contribution in [0.25, 0.3) is 5.69 Å². The predicted molar refractivity (Wildman–Crippen MR) is 98.4 cm³/mol.